The first-order chi connectivity index (χ1) is 13.3. The average molecular weight is 394 g/mol. The highest BCUT2D eigenvalue weighted by molar-refractivity contribution is 5.93. The van der Waals surface area contributed by atoms with Crippen LogP contribution in [0, 0.1) is 0 Å². The molecule has 1 aromatic heterocycles. The molecule has 0 saturated carbocycles. The van der Waals surface area contributed by atoms with E-state index in [9.17, 15) is 19.5 Å². The molecule has 152 valence electrons. The summed E-state index contributed by atoms with van der Waals surface area (Å²) in [6.07, 6.45) is 0. The molecular weight excluding hydrogens is 368 g/mol. The highest BCUT2D eigenvalue weighted by atomic mass is 16.4. The van der Waals surface area contributed by atoms with Gasteiger partial charge in [-0.25, -0.2) is 14.2 Å². The number of benzene rings is 2. The first-order valence-electron chi connectivity index (χ1n) is 9.48. The standard InChI is InChI=1S/C23H26N2O4/c1-22(2,3)14-10-15(23(4,5)6)12-16(11-14)25-19(26)17-9-13(20(27)28)7-8-18(17)24-21(25)29/h7-12H,1-6H3,(H,24,29)(H,27,28). The number of hydrogen-bond acceptors (Lipinski definition) is 3. The molecule has 0 radical (unpaired) electrons. The summed E-state index contributed by atoms with van der Waals surface area (Å²) in [6.45, 7) is 12.4. The van der Waals surface area contributed by atoms with Crippen LogP contribution in [0.5, 0.6) is 0 Å². The van der Waals surface area contributed by atoms with E-state index in [0.717, 1.165) is 15.7 Å². The number of carboxylic acid groups (broad SMARTS) is 1. The Hall–Kier alpha value is -3.15. The van der Waals surface area contributed by atoms with Crippen LogP contribution in [0.3, 0.4) is 0 Å². The third-order valence-electron chi connectivity index (χ3n) is 5.05. The lowest BCUT2D eigenvalue weighted by Crippen LogP contribution is -2.34. The van der Waals surface area contributed by atoms with Crippen LogP contribution in [0.4, 0.5) is 0 Å². The van der Waals surface area contributed by atoms with Crippen LogP contribution in [0.15, 0.2) is 46.0 Å². The van der Waals surface area contributed by atoms with Gasteiger partial charge in [-0.15, -0.1) is 0 Å². The maximum absolute atomic E-state index is 13.2. The second-order valence-electron chi connectivity index (χ2n) is 9.40. The molecular formula is C23H26N2O4. The van der Waals surface area contributed by atoms with Crippen molar-refractivity contribution < 1.29 is 9.90 Å². The van der Waals surface area contributed by atoms with E-state index in [-0.39, 0.29) is 21.8 Å². The minimum Gasteiger partial charge on any atom is -0.478 e. The Balaban J connectivity index is 2.40. The molecule has 0 bridgehead atoms. The van der Waals surface area contributed by atoms with Gasteiger partial charge in [0.1, 0.15) is 0 Å². The Morgan fingerprint density at radius 3 is 1.93 bits per heavy atom. The van der Waals surface area contributed by atoms with Gasteiger partial charge in [-0.05, 0) is 52.3 Å². The molecule has 1 heterocycles. The summed E-state index contributed by atoms with van der Waals surface area (Å²) >= 11 is 0. The van der Waals surface area contributed by atoms with E-state index in [1.54, 1.807) is 0 Å². The number of rotatable bonds is 2. The predicted molar refractivity (Wildman–Crippen MR) is 115 cm³/mol. The lowest BCUT2D eigenvalue weighted by Gasteiger charge is -2.26. The molecule has 2 aromatic carbocycles. The largest absolute Gasteiger partial charge is 0.478 e. The minimum absolute atomic E-state index is 0.00739. The first kappa shape index (κ1) is 20.6. The SMILES string of the molecule is CC(C)(C)c1cc(-n2c(=O)[nH]c3ccc(C(=O)O)cc3c2=O)cc(C(C)(C)C)c1. The molecule has 3 rings (SSSR count). The third-order valence-corrected chi connectivity index (χ3v) is 5.05. The van der Waals surface area contributed by atoms with Crippen LogP contribution in [0.1, 0.15) is 63.0 Å². The van der Waals surface area contributed by atoms with E-state index >= 15 is 0 Å². The molecule has 0 spiro atoms. The smallest absolute Gasteiger partial charge is 0.335 e. The van der Waals surface area contributed by atoms with Crippen molar-refractivity contribution in [3.8, 4) is 5.69 Å². The number of carboxylic acids is 1. The molecule has 6 nitrogen and oxygen atoms in total. The highest BCUT2D eigenvalue weighted by Gasteiger charge is 2.22. The van der Waals surface area contributed by atoms with E-state index in [2.05, 4.69) is 52.6 Å². The Kier molecular flexibility index (Phi) is 4.77. The number of nitrogens with one attached hydrogen (secondary N) is 1. The van der Waals surface area contributed by atoms with Gasteiger partial charge in [0.15, 0.2) is 0 Å². The number of aromatic amines is 1. The second kappa shape index (κ2) is 6.72. The van der Waals surface area contributed by atoms with E-state index in [4.69, 9.17) is 0 Å². The van der Waals surface area contributed by atoms with Crippen molar-refractivity contribution >= 4 is 16.9 Å². The summed E-state index contributed by atoms with van der Waals surface area (Å²) in [7, 11) is 0. The molecule has 6 heteroatoms. The van der Waals surface area contributed by atoms with Crippen molar-refractivity contribution in [1.82, 2.24) is 9.55 Å². The highest BCUT2D eigenvalue weighted by Crippen LogP contribution is 2.31. The van der Waals surface area contributed by atoms with E-state index in [1.165, 1.54) is 18.2 Å². The molecule has 29 heavy (non-hydrogen) atoms. The zero-order chi connectivity index (χ0) is 21.7. The molecule has 0 amide bonds. The van der Waals surface area contributed by atoms with Crippen LogP contribution in [-0.4, -0.2) is 20.6 Å². The van der Waals surface area contributed by atoms with Gasteiger partial charge < -0.3 is 10.1 Å². The fourth-order valence-corrected chi connectivity index (χ4v) is 3.19. The number of carbonyl (C=O) groups is 1. The number of nitrogens with zero attached hydrogens (tertiary/aromatic N) is 1. The first-order valence-corrected chi connectivity index (χ1v) is 9.48. The molecule has 0 atom stereocenters. The summed E-state index contributed by atoms with van der Waals surface area (Å²) in [5.41, 5.74) is 1.32. The van der Waals surface area contributed by atoms with Crippen molar-refractivity contribution in [1.29, 1.82) is 0 Å². The molecule has 2 N–H and O–H groups in total. The zero-order valence-electron chi connectivity index (χ0n) is 17.6. The molecule has 0 aliphatic rings. The van der Waals surface area contributed by atoms with E-state index < -0.39 is 17.2 Å². The van der Waals surface area contributed by atoms with Gasteiger partial charge in [0, 0.05) is 0 Å². The fraction of sp³-hybridized carbons (Fsp3) is 0.348. The lowest BCUT2D eigenvalue weighted by atomic mass is 9.80. The Labute approximate surface area is 168 Å². The average Bonchev–Trinajstić information content (AvgIpc) is 2.59. The monoisotopic (exact) mass is 394 g/mol. The van der Waals surface area contributed by atoms with Crippen molar-refractivity contribution in [2.45, 2.75) is 52.4 Å². The van der Waals surface area contributed by atoms with Crippen LogP contribution in [-0.2, 0) is 10.8 Å². The van der Waals surface area contributed by atoms with Crippen LogP contribution in [0.25, 0.3) is 16.6 Å². The van der Waals surface area contributed by atoms with Crippen LogP contribution in [0.2, 0.25) is 0 Å². The van der Waals surface area contributed by atoms with Crippen molar-refractivity contribution in [3.63, 3.8) is 0 Å². The number of aromatic nitrogens is 2. The normalized spacial score (nSPS) is 12.3. The predicted octanol–water partition coefficient (Wildman–Crippen LogP) is 3.97. The quantitative estimate of drug-likeness (QED) is 0.688. The van der Waals surface area contributed by atoms with Gasteiger partial charge in [0.2, 0.25) is 0 Å². The summed E-state index contributed by atoms with van der Waals surface area (Å²) in [4.78, 5) is 40.0. The van der Waals surface area contributed by atoms with Crippen molar-refractivity contribution in [2.24, 2.45) is 0 Å². The van der Waals surface area contributed by atoms with E-state index in [0.29, 0.717) is 11.2 Å². The maximum Gasteiger partial charge on any atom is 0.335 e. The van der Waals surface area contributed by atoms with Gasteiger partial charge in [0.05, 0.1) is 22.2 Å². The summed E-state index contributed by atoms with van der Waals surface area (Å²) < 4.78 is 1.08. The number of aromatic carboxylic acids is 1. The number of H-pyrrole nitrogens is 1. The molecule has 3 aromatic rings. The Bertz CT molecular complexity index is 1200. The maximum atomic E-state index is 13.2. The zero-order valence-corrected chi connectivity index (χ0v) is 17.6. The van der Waals surface area contributed by atoms with Crippen LogP contribution >= 0.6 is 0 Å². The van der Waals surface area contributed by atoms with Gasteiger partial charge in [-0.1, -0.05) is 47.6 Å². The third kappa shape index (κ3) is 3.88. The van der Waals surface area contributed by atoms with Gasteiger partial charge in [-0.3, -0.25) is 4.79 Å². The van der Waals surface area contributed by atoms with Crippen molar-refractivity contribution in [3.05, 3.63) is 73.9 Å². The van der Waals surface area contributed by atoms with Gasteiger partial charge in [-0.2, -0.15) is 0 Å². The topological polar surface area (TPSA) is 92.2 Å². The fourth-order valence-electron chi connectivity index (χ4n) is 3.19. The summed E-state index contributed by atoms with van der Waals surface area (Å²) in [6, 6.07) is 9.90. The molecule has 0 aliphatic carbocycles. The molecule has 0 fully saturated rings. The molecule has 0 unspecified atom stereocenters. The number of fused-ring (bicyclic) bond motifs is 1. The summed E-state index contributed by atoms with van der Waals surface area (Å²) in [5, 5.41) is 9.40. The van der Waals surface area contributed by atoms with Crippen LogP contribution < -0.4 is 11.2 Å². The second-order valence-corrected chi connectivity index (χ2v) is 9.40. The van der Waals surface area contributed by atoms with Gasteiger partial charge in [0.25, 0.3) is 5.56 Å². The number of hydrogen-bond donors (Lipinski definition) is 2. The molecule has 0 aliphatic heterocycles. The minimum atomic E-state index is -1.13. The van der Waals surface area contributed by atoms with Gasteiger partial charge >= 0.3 is 11.7 Å². The van der Waals surface area contributed by atoms with E-state index in [1.807, 2.05) is 12.1 Å². The lowest BCUT2D eigenvalue weighted by molar-refractivity contribution is 0.0697. The molecule has 0 saturated heterocycles. The Morgan fingerprint density at radius 1 is 0.897 bits per heavy atom. The summed E-state index contributed by atoms with van der Waals surface area (Å²) in [5.74, 6) is -1.13. The van der Waals surface area contributed by atoms with Crippen molar-refractivity contribution in [2.75, 3.05) is 0 Å². The Morgan fingerprint density at radius 2 is 1.45 bits per heavy atom.